The normalized spacial score (nSPS) is 15.8. The Bertz CT molecular complexity index is 112. The van der Waals surface area contributed by atoms with Gasteiger partial charge in [0.2, 0.25) is 6.29 Å². The van der Waals surface area contributed by atoms with Gasteiger partial charge >= 0.3 is 0 Å². The van der Waals surface area contributed by atoms with E-state index >= 15 is 0 Å². The van der Waals surface area contributed by atoms with Gasteiger partial charge in [-0.15, -0.1) is 0 Å². The molecule has 0 N–H and O–H groups in total. The lowest BCUT2D eigenvalue weighted by atomic mass is 10.4. The highest BCUT2D eigenvalue weighted by atomic mass is 16.7. The molecule has 4 heteroatoms. The van der Waals surface area contributed by atoms with Crippen LogP contribution in [0.5, 0.6) is 0 Å². The highest BCUT2D eigenvalue weighted by Gasteiger charge is 2.08. The summed E-state index contributed by atoms with van der Waals surface area (Å²) in [4.78, 5) is 20.0. The molecule has 0 fully saturated rings. The van der Waals surface area contributed by atoms with Crippen molar-refractivity contribution in [2.75, 3.05) is 7.11 Å². The second-order valence-corrected chi connectivity index (χ2v) is 1.72. The summed E-state index contributed by atoms with van der Waals surface area (Å²) in [5.41, 5.74) is 0. The van der Waals surface area contributed by atoms with Crippen molar-refractivity contribution in [1.29, 1.82) is 0 Å². The molecular formula is C6H10O4. The number of aldehydes is 2. The van der Waals surface area contributed by atoms with Gasteiger partial charge in [-0.3, -0.25) is 4.79 Å². The number of hydrogen-bond donors (Lipinski definition) is 0. The highest BCUT2D eigenvalue weighted by Crippen LogP contribution is 1.93. The van der Waals surface area contributed by atoms with Crippen molar-refractivity contribution in [3.8, 4) is 0 Å². The number of ether oxygens (including phenoxy) is 2. The van der Waals surface area contributed by atoms with Gasteiger partial charge in [0.15, 0.2) is 6.29 Å². The predicted octanol–water partition coefficient (Wildman–Crippen LogP) is -0.238. The summed E-state index contributed by atoms with van der Waals surface area (Å²) < 4.78 is 9.26. The molecule has 58 valence electrons. The van der Waals surface area contributed by atoms with Crippen LogP contribution in [0, 0.1) is 0 Å². The predicted molar refractivity (Wildman–Crippen MR) is 33.5 cm³/mol. The van der Waals surface area contributed by atoms with E-state index in [1.807, 2.05) is 0 Å². The van der Waals surface area contributed by atoms with Crippen molar-refractivity contribution in [1.82, 2.24) is 0 Å². The molecule has 2 atom stereocenters. The van der Waals surface area contributed by atoms with Crippen molar-refractivity contribution in [3.05, 3.63) is 0 Å². The topological polar surface area (TPSA) is 52.6 Å². The van der Waals surface area contributed by atoms with Crippen LogP contribution in [-0.2, 0) is 19.1 Å². The third-order valence-electron chi connectivity index (χ3n) is 0.884. The molecule has 0 rings (SSSR count). The van der Waals surface area contributed by atoms with Crippen molar-refractivity contribution in [2.45, 2.75) is 19.3 Å². The van der Waals surface area contributed by atoms with Gasteiger partial charge < -0.3 is 14.3 Å². The molecule has 0 spiro atoms. The summed E-state index contributed by atoms with van der Waals surface area (Å²) in [6.45, 7) is 1.53. The van der Waals surface area contributed by atoms with Crippen LogP contribution in [0.1, 0.15) is 6.92 Å². The van der Waals surface area contributed by atoms with Crippen LogP contribution in [0.2, 0.25) is 0 Å². The average molecular weight is 146 g/mol. The Hall–Kier alpha value is -0.740. The molecular weight excluding hydrogens is 136 g/mol. The zero-order valence-electron chi connectivity index (χ0n) is 5.94. The Kier molecular flexibility index (Phi) is 4.70. The maximum atomic E-state index is 10.0. The van der Waals surface area contributed by atoms with Gasteiger partial charge in [0.1, 0.15) is 12.4 Å². The van der Waals surface area contributed by atoms with Crippen LogP contribution in [-0.4, -0.2) is 32.1 Å². The fraction of sp³-hybridized carbons (Fsp3) is 0.667. The quantitative estimate of drug-likeness (QED) is 0.397. The number of hydrogen-bond acceptors (Lipinski definition) is 4. The first-order valence-electron chi connectivity index (χ1n) is 2.83. The average Bonchev–Trinajstić information content (AvgIpc) is 1.99. The first kappa shape index (κ1) is 9.26. The van der Waals surface area contributed by atoms with Crippen molar-refractivity contribution >= 4 is 12.6 Å². The molecule has 0 bridgehead atoms. The van der Waals surface area contributed by atoms with E-state index in [1.165, 1.54) is 14.0 Å². The second kappa shape index (κ2) is 5.08. The summed E-state index contributed by atoms with van der Waals surface area (Å²) in [5, 5.41) is 0. The van der Waals surface area contributed by atoms with Crippen LogP contribution in [0.25, 0.3) is 0 Å². The highest BCUT2D eigenvalue weighted by molar-refractivity contribution is 5.57. The summed E-state index contributed by atoms with van der Waals surface area (Å²) in [6, 6.07) is 0. The molecule has 1 unspecified atom stereocenters. The largest absolute Gasteiger partial charge is 0.350 e. The first-order valence-corrected chi connectivity index (χ1v) is 2.83. The van der Waals surface area contributed by atoms with E-state index < -0.39 is 12.4 Å². The lowest BCUT2D eigenvalue weighted by Crippen LogP contribution is -2.23. The van der Waals surface area contributed by atoms with E-state index in [0.717, 1.165) is 0 Å². The number of carbonyl (C=O) groups excluding carboxylic acids is 2. The minimum Gasteiger partial charge on any atom is -0.350 e. The Balaban J connectivity index is 3.61. The smallest absolute Gasteiger partial charge is 0.215 e. The fourth-order valence-electron chi connectivity index (χ4n) is 0.387. The number of methoxy groups -OCH3 is 1. The van der Waals surface area contributed by atoms with E-state index in [-0.39, 0.29) is 0 Å². The Morgan fingerprint density at radius 1 is 1.30 bits per heavy atom. The molecule has 0 aromatic rings. The summed E-state index contributed by atoms with van der Waals surface area (Å²) in [7, 11) is 1.33. The molecule has 0 amide bonds. The molecule has 4 nitrogen and oxygen atoms in total. The summed E-state index contributed by atoms with van der Waals surface area (Å²) in [5.74, 6) is 0. The van der Waals surface area contributed by atoms with Gasteiger partial charge in [0.05, 0.1) is 0 Å². The Morgan fingerprint density at radius 3 is 2.20 bits per heavy atom. The summed E-state index contributed by atoms with van der Waals surface area (Å²) in [6.07, 6.45) is -0.453. The number of carbonyl (C=O) groups is 2. The minimum absolute atomic E-state index is 0.486. The lowest BCUT2D eigenvalue weighted by molar-refractivity contribution is -0.163. The third kappa shape index (κ3) is 3.32. The SMILES string of the molecule is CO[C@@H](C=O)OC(C)C=O. The molecule has 0 aliphatic carbocycles. The Morgan fingerprint density at radius 2 is 1.90 bits per heavy atom. The van der Waals surface area contributed by atoms with Crippen LogP contribution in [0.3, 0.4) is 0 Å². The molecule has 0 saturated heterocycles. The second-order valence-electron chi connectivity index (χ2n) is 1.72. The van der Waals surface area contributed by atoms with Crippen molar-refractivity contribution in [3.63, 3.8) is 0 Å². The first-order chi connectivity index (χ1) is 4.74. The minimum atomic E-state index is -0.930. The van der Waals surface area contributed by atoms with E-state index in [0.29, 0.717) is 12.6 Å². The van der Waals surface area contributed by atoms with Crippen LogP contribution >= 0.6 is 0 Å². The van der Waals surface area contributed by atoms with Crippen molar-refractivity contribution in [2.24, 2.45) is 0 Å². The molecule has 0 aliphatic rings. The molecule has 0 heterocycles. The molecule has 0 radical (unpaired) electrons. The van der Waals surface area contributed by atoms with Crippen LogP contribution in [0.4, 0.5) is 0 Å². The fourth-order valence-corrected chi connectivity index (χ4v) is 0.387. The zero-order valence-corrected chi connectivity index (χ0v) is 5.94. The maximum absolute atomic E-state index is 10.0. The van der Waals surface area contributed by atoms with E-state index in [9.17, 15) is 9.59 Å². The van der Waals surface area contributed by atoms with Gasteiger partial charge in [-0.2, -0.15) is 0 Å². The maximum Gasteiger partial charge on any atom is 0.215 e. The molecule has 0 aliphatic heterocycles. The van der Waals surface area contributed by atoms with Crippen molar-refractivity contribution < 1.29 is 19.1 Å². The zero-order chi connectivity index (χ0) is 7.98. The van der Waals surface area contributed by atoms with Gasteiger partial charge in [0, 0.05) is 7.11 Å². The third-order valence-corrected chi connectivity index (χ3v) is 0.884. The van der Waals surface area contributed by atoms with Gasteiger partial charge in [-0.25, -0.2) is 0 Å². The number of rotatable bonds is 5. The molecule has 0 saturated carbocycles. The van der Waals surface area contributed by atoms with Gasteiger partial charge in [-0.1, -0.05) is 0 Å². The monoisotopic (exact) mass is 146 g/mol. The molecule has 10 heavy (non-hydrogen) atoms. The van der Waals surface area contributed by atoms with Crippen LogP contribution < -0.4 is 0 Å². The molecule has 0 aromatic heterocycles. The lowest BCUT2D eigenvalue weighted by Gasteiger charge is -2.10. The van der Waals surface area contributed by atoms with E-state index in [2.05, 4.69) is 4.74 Å². The molecule has 0 aromatic carbocycles. The Labute approximate surface area is 59.1 Å². The van der Waals surface area contributed by atoms with Crippen LogP contribution in [0.15, 0.2) is 0 Å². The summed E-state index contributed by atoms with van der Waals surface area (Å²) >= 11 is 0. The van der Waals surface area contributed by atoms with Gasteiger partial charge in [-0.05, 0) is 6.92 Å². The van der Waals surface area contributed by atoms with E-state index in [4.69, 9.17) is 4.74 Å². The van der Waals surface area contributed by atoms with E-state index in [1.54, 1.807) is 0 Å². The standard InChI is InChI=1S/C6H10O4/c1-5(3-7)10-6(4-8)9-2/h3-6H,1-2H3/t5?,6-/m1/s1. The van der Waals surface area contributed by atoms with Gasteiger partial charge in [0.25, 0.3) is 0 Å².